The Kier molecular flexibility index (Phi) is 6.11. The zero-order valence-electron chi connectivity index (χ0n) is 19.7. The number of benzene rings is 5. The summed E-state index contributed by atoms with van der Waals surface area (Å²) in [6.07, 6.45) is 0. The highest BCUT2D eigenvalue weighted by atomic mass is 79.9. The predicted molar refractivity (Wildman–Crippen MR) is 155 cm³/mol. The molecule has 0 N–H and O–H groups in total. The molecule has 6 aromatic rings. The zero-order valence-corrected chi connectivity index (χ0v) is 21.3. The molecule has 0 saturated carbocycles. The highest BCUT2D eigenvalue weighted by Gasteiger charge is 2.28. The molecule has 0 saturated heterocycles. The molecule has 0 radical (unpaired) electrons. The van der Waals surface area contributed by atoms with Crippen LogP contribution in [0.3, 0.4) is 0 Å². The van der Waals surface area contributed by atoms with Gasteiger partial charge in [0, 0.05) is 15.6 Å². The number of rotatable bonds is 5. The Morgan fingerprint density at radius 1 is 0.361 bits per heavy atom. The van der Waals surface area contributed by atoms with E-state index in [4.69, 9.17) is 0 Å². The minimum atomic E-state index is 1.05. The maximum atomic E-state index is 3.87. The van der Waals surface area contributed by atoms with E-state index in [1.54, 1.807) is 0 Å². The molecule has 172 valence electrons. The predicted octanol–water partition coefficient (Wildman–Crippen LogP) is 9.91. The number of hydrogen-bond donors (Lipinski definition) is 0. The van der Waals surface area contributed by atoms with Gasteiger partial charge in [0.15, 0.2) is 0 Å². The standard InChI is InChI=1S/C34H24BrN/c35-29-23-13-14-24-30(29)36-33(27-19-9-3-10-20-27)31(25-15-5-1-6-16-25)32(26-17-7-2-8-18-26)34(36)28-21-11-4-12-22-28/h1-24H. The molecular formula is C34H24BrN. The number of hydrogen-bond acceptors (Lipinski definition) is 0. The number of aromatic nitrogens is 1. The molecule has 0 aliphatic carbocycles. The van der Waals surface area contributed by atoms with E-state index < -0.39 is 0 Å². The van der Waals surface area contributed by atoms with Gasteiger partial charge in [0.2, 0.25) is 0 Å². The lowest BCUT2D eigenvalue weighted by atomic mass is 9.91. The molecule has 1 aromatic heterocycles. The van der Waals surface area contributed by atoms with Gasteiger partial charge in [-0.05, 0) is 50.3 Å². The smallest absolute Gasteiger partial charge is 0.0620 e. The van der Waals surface area contributed by atoms with Crippen LogP contribution in [0, 0.1) is 0 Å². The summed E-state index contributed by atoms with van der Waals surface area (Å²) < 4.78 is 3.48. The summed E-state index contributed by atoms with van der Waals surface area (Å²) in [5.74, 6) is 0. The number of para-hydroxylation sites is 1. The van der Waals surface area contributed by atoms with Gasteiger partial charge in [0.25, 0.3) is 0 Å². The summed E-state index contributed by atoms with van der Waals surface area (Å²) >= 11 is 3.87. The summed E-state index contributed by atoms with van der Waals surface area (Å²) in [5.41, 5.74) is 10.6. The van der Waals surface area contributed by atoms with Crippen LogP contribution in [0.5, 0.6) is 0 Å². The quantitative estimate of drug-likeness (QED) is 0.211. The van der Waals surface area contributed by atoms with E-state index in [2.05, 4.69) is 166 Å². The lowest BCUT2D eigenvalue weighted by Gasteiger charge is -2.17. The lowest BCUT2D eigenvalue weighted by Crippen LogP contribution is -2.01. The second-order valence-corrected chi connectivity index (χ2v) is 9.55. The minimum absolute atomic E-state index is 1.05. The summed E-state index contributed by atoms with van der Waals surface area (Å²) in [6, 6.07) is 51.4. The van der Waals surface area contributed by atoms with Crippen molar-refractivity contribution in [2.24, 2.45) is 0 Å². The van der Waals surface area contributed by atoms with Gasteiger partial charge < -0.3 is 4.57 Å². The highest BCUT2D eigenvalue weighted by molar-refractivity contribution is 9.10. The van der Waals surface area contributed by atoms with Crippen molar-refractivity contribution in [1.82, 2.24) is 4.57 Å². The van der Waals surface area contributed by atoms with Crippen molar-refractivity contribution in [3.05, 3.63) is 150 Å². The molecule has 0 atom stereocenters. The van der Waals surface area contributed by atoms with E-state index in [-0.39, 0.29) is 0 Å². The van der Waals surface area contributed by atoms with Crippen LogP contribution in [-0.4, -0.2) is 4.57 Å². The largest absolute Gasteiger partial charge is 0.307 e. The van der Waals surface area contributed by atoms with Crippen LogP contribution in [-0.2, 0) is 0 Å². The van der Waals surface area contributed by atoms with Gasteiger partial charge in [-0.3, -0.25) is 0 Å². The second kappa shape index (κ2) is 9.85. The first kappa shape index (κ1) is 22.3. The van der Waals surface area contributed by atoms with Crippen LogP contribution < -0.4 is 0 Å². The second-order valence-electron chi connectivity index (χ2n) is 8.70. The van der Waals surface area contributed by atoms with Crippen molar-refractivity contribution in [2.75, 3.05) is 0 Å². The van der Waals surface area contributed by atoms with E-state index in [1.807, 2.05) is 0 Å². The molecule has 0 aliphatic rings. The van der Waals surface area contributed by atoms with Crippen molar-refractivity contribution in [3.8, 4) is 50.5 Å². The third-order valence-electron chi connectivity index (χ3n) is 6.48. The van der Waals surface area contributed by atoms with Crippen molar-refractivity contribution in [2.45, 2.75) is 0 Å². The topological polar surface area (TPSA) is 4.93 Å². The van der Waals surface area contributed by atoms with Gasteiger partial charge in [-0.15, -0.1) is 0 Å². The first-order valence-electron chi connectivity index (χ1n) is 12.1. The maximum Gasteiger partial charge on any atom is 0.0620 e. The molecule has 0 fully saturated rings. The molecule has 5 aromatic carbocycles. The van der Waals surface area contributed by atoms with Crippen LogP contribution in [0.1, 0.15) is 0 Å². The Hall–Kier alpha value is -4.14. The minimum Gasteiger partial charge on any atom is -0.307 e. The Bertz CT molecular complexity index is 1500. The Morgan fingerprint density at radius 3 is 1.08 bits per heavy atom. The molecule has 1 nitrogen and oxygen atoms in total. The van der Waals surface area contributed by atoms with Gasteiger partial charge in [-0.1, -0.05) is 133 Å². The van der Waals surface area contributed by atoms with Gasteiger partial charge >= 0.3 is 0 Å². The first-order chi connectivity index (χ1) is 17.8. The third kappa shape index (κ3) is 4.00. The molecule has 0 aliphatic heterocycles. The fourth-order valence-electron chi connectivity index (χ4n) is 4.96. The van der Waals surface area contributed by atoms with E-state index in [9.17, 15) is 0 Å². The molecule has 1 heterocycles. The van der Waals surface area contributed by atoms with Crippen molar-refractivity contribution in [1.29, 1.82) is 0 Å². The molecule has 0 unspecified atom stereocenters. The monoisotopic (exact) mass is 525 g/mol. The zero-order chi connectivity index (χ0) is 24.3. The Labute approximate surface area is 220 Å². The molecule has 0 spiro atoms. The summed E-state index contributed by atoms with van der Waals surface area (Å²) in [5, 5.41) is 0. The van der Waals surface area contributed by atoms with E-state index in [0.717, 1.165) is 10.2 Å². The van der Waals surface area contributed by atoms with E-state index in [1.165, 1.54) is 44.8 Å². The highest BCUT2D eigenvalue weighted by Crippen LogP contribution is 2.50. The maximum absolute atomic E-state index is 3.87. The average molecular weight is 526 g/mol. The summed E-state index contributed by atoms with van der Waals surface area (Å²) in [6.45, 7) is 0. The van der Waals surface area contributed by atoms with Gasteiger partial charge in [0.05, 0.1) is 17.1 Å². The van der Waals surface area contributed by atoms with Gasteiger partial charge in [-0.2, -0.15) is 0 Å². The number of halogens is 1. The SMILES string of the molecule is Brc1ccccc1-n1c(-c2ccccc2)c(-c2ccccc2)c(-c2ccccc2)c1-c1ccccc1. The molecule has 6 rings (SSSR count). The van der Waals surface area contributed by atoms with Crippen LogP contribution in [0.2, 0.25) is 0 Å². The van der Waals surface area contributed by atoms with Crippen LogP contribution >= 0.6 is 15.9 Å². The van der Waals surface area contributed by atoms with Gasteiger partial charge in [-0.25, -0.2) is 0 Å². The third-order valence-corrected chi connectivity index (χ3v) is 7.15. The molecular weight excluding hydrogens is 502 g/mol. The Morgan fingerprint density at radius 2 is 0.694 bits per heavy atom. The molecule has 2 heteroatoms. The van der Waals surface area contributed by atoms with E-state index >= 15 is 0 Å². The first-order valence-corrected chi connectivity index (χ1v) is 12.9. The number of nitrogens with zero attached hydrogens (tertiary/aromatic N) is 1. The Balaban J connectivity index is 1.88. The molecule has 0 amide bonds. The van der Waals surface area contributed by atoms with E-state index in [0.29, 0.717) is 0 Å². The van der Waals surface area contributed by atoms with Crippen molar-refractivity contribution < 1.29 is 0 Å². The normalized spacial score (nSPS) is 10.9. The summed E-state index contributed by atoms with van der Waals surface area (Å²) in [4.78, 5) is 0. The summed E-state index contributed by atoms with van der Waals surface area (Å²) in [7, 11) is 0. The lowest BCUT2D eigenvalue weighted by molar-refractivity contribution is 1.09. The fraction of sp³-hybridized carbons (Fsp3) is 0. The van der Waals surface area contributed by atoms with Crippen molar-refractivity contribution >= 4 is 15.9 Å². The molecule has 36 heavy (non-hydrogen) atoms. The van der Waals surface area contributed by atoms with Crippen molar-refractivity contribution in [3.63, 3.8) is 0 Å². The average Bonchev–Trinajstić information content (AvgIpc) is 3.31. The van der Waals surface area contributed by atoms with Crippen LogP contribution in [0.25, 0.3) is 50.5 Å². The fourth-order valence-corrected chi connectivity index (χ4v) is 5.42. The van der Waals surface area contributed by atoms with Gasteiger partial charge in [0.1, 0.15) is 0 Å². The van der Waals surface area contributed by atoms with Crippen LogP contribution in [0.4, 0.5) is 0 Å². The van der Waals surface area contributed by atoms with Crippen LogP contribution in [0.15, 0.2) is 150 Å². The molecule has 0 bridgehead atoms.